The number of fused-ring (bicyclic) bond motifs is 1. The molecule has 4 nitrogen and oxygen atoms in total. The molecule has 0 saturated heterocycles. The van der Waals surface area contributed by atoms with E-state index in [1.54, 1.807) is 0 Å². The molecule has 4 N–H and O–H groups in total. The van der Waals surface area contributed by atoms with E-state index in [1.165, 1.54) is 0 Å². The van der Waals surface area contributed by atoms with Gasteiger partial charge in [-0.1, -0.05) is 37.3 Å². The Morgan fingerprint density at radius 2 is 2.10 bits per heavy atom. The van der Waals surface area contributed by atoms with Crippen molar-refractivity contribution < 1.29 is 9.90 Å². The fourth-order valence-electron chi connectivity index (χ4n) is 4.17. The zero-order chi connectivity index (χ0) is 14.5. The van der Waals surface area contributed by atoms with Gasteiger partial charge in [-0.25, -0.2) is 0 Å². The average molecular weight is 274 g/mol. The number of benzene rings is 1. The molecule has 3 rings (SSSR count). The number of hydrogen-bond donors (Lipinski definition) is 3. The molecule has 0 bridgehead atoms. The highest BCUT2D eigenvalue weighted by Gasteiger charge is 2.70. The maximum atomic E-state index is 12.1. The summed E-state index contributed by atoms with van der Waals surface area (Å²) in [4.78, 5) is 12.1. The van der Waals surface area contributed by atoms with Crippen LogP contribution in [-0.4, -0.2) is 22.7 Å². The molecule has 2 saturated carbocycles. The Labute approximate surface area is 119 Å². The second kappa shape index (κ2) is 4.57. The molecule has 0 heterocycles. The van der Waals surface area contributed by atoms with Gasteiger partial charge in [0.2, 0.25) is 5.91 Å². The van der Waals surface area contributed by atoms with Gasteiger partial charge in [0.05, 0.1) is 6.10 Å². The lowest BCUT2D eigenvalue weighted by atomic mass is 9.87. The third-order valence-corrected chi connectivity index (χ3v) is 5.21. The summed E-state index contributed by atoms with van der Waals surface area (Å²) < 4.78 is 0. The maximum Gasteiger partial charge on any atom is 0.238 e. The van der Waals surface area contributed by atoms with Gasteiger partial charge in [-0.15, -0.1) is 0 Å². The van der Waals surface area contributed by atoms with Crippen molar-refractivity contribution in [3.8, 4) is 0 Å². The quantitative estimate of drug-likeness (QED) is 0.772. The van der Waals surface area contributed by atoms with Gasteiger partial charge in [-0.2, -0.15) is 0 Å². The van der Waals surface area contributed by atoms with Crippen LogP contribution < -0.4 is 11.1 Å². The summed E-state index contributed by atoms with van der Waals surface area (Å²) in [6, 6.07) is 10.0. The molecule has 108 valence electrons. The maximum absolute atomic E-state index is 12.1. The van der Waals surface area contributed by atoms with Crippen LogP contribution in [0.3, 0.4) is 0 Å². The Kier molecular flexibility index (Phi) is 3.10. The van der Waals surface area contributed by atoms with E-state index in [9.17, 15) is 9.90 Å². The van der Waals surface area contributed by atoms with Crippen LogP contribution >= 0.6 is 0 Å². The van der Waals surface area contributed by atoms with E-state index in [1.807, 2.05) is 37.3 Å². The molecule has 0 spiro atoms. The SMILES string of the molecule is C[C@H]1[C@H]2[C@@H]1[C@](N[C@H](C)c1ccccc1)(C(N)=O)C[C@@H]2O. The molecule has 0 aromatic heterocycles. The van der Waals surface area contributed by atoms with Crippen molar-refractivity contribution in [3.05, 3.63) is 35.9 Å². The molecular formula is C16H22N2O2. The highest BCUT2D eigenvalue weighted by Crippen LogP contribution is 2.62. The molecule has 1 aromatic carbocycles. The van der Waals surface area contributed by atoms with E-state index >= 15 is 0 Å². The Morgan fingerprint density at radius 3 is 2.60 bits per heavy atom. The Hall–Kier alpha value is -1.39. The third-order valence-electron chi connectivity index (χ3n) is 5.21. The van der Waals surface area contributed by atoms with Crippen molar-refractivity contribution in [2.45, 2.75) is 38.0 Å². The summed E-state index contributed by atoms with van der Waals surface area (Å²) in [5, 5.41) is 13.6. The van der Waals surface area contributed by atoms with Gasteiger partial charge >= 0.3 is 0 Å². The summed E-state index contributed by atoms with van der Waals surface area (Å²) in [5.74, 6) is 0.414. The lowest BCUT2D eigenvalue weighted by molar-refractivity contribution is -0.126. The van der Waals surface area contributed by atoms with Crippen molar-refractivity contribution in [2.24, 2.45) is 23.5 Å². The van der Waals surface area contributed by atoms with Gasteiger partial charge in [0.1, 0.15) is 5.54 Å². The van der Waals surface area contributed by atoms with Gasteiger partial charge in [0.25, 0.3) is 0 Å². The van der Waals surface area contributed by atoms with Crippen LogP contribution in [0.25, 0.3) is 0 Å². The molecule has 4 heteroatoms. The molecule has 2 fully saturated rings. The molecule has 2 aliphatic rings. The van der Waals surface area contributed by atoms with E-state index in [4.69, 9.17) is 5.73 Å². The van der Waals surface area contributed by atoms with E-state index in [0.717, 1.165) is 5.56 Å². The van der Waals surface area contributed by atoms with Crippen molar-refractivity contribution in [2.75, 3.05) is 0 Å². The van der Waals surface area contributed by atoms with Crippen molar-refractivity contribution in [3.63, 3.8) is 0 Å². The van der Waals surface area contributed by atoms with E-state index < -0.39 is 11.6 Å². The molecule has 2 aliphatic carbocycles. The normalized spacial score (nSPS) is 40.1. The van der Waals surface area contributed by atoms with Gasteiger partial charge in [0.15, 0.2) is 0 Å². The molecule has 1 amide bonds. The van der Waals surface area contributed by atoms with Crippen LogP contribution in [0.4, 0.5) is 0 Å². The smallest absolute Gasteiger partial charge is 0.238 e. The predicted molar refractivity (Wildman–Crippen MR) is 76.7 cm³/mol. The first-order chi connectivity index (χ1) is 9.47. The summed E-state index contributed by atoms with van der Waals surface area (Å²) in [6.45, 7) is 4.12. The van der Waals surface area contributed by atoms with Crippen LogP contribution in [0.15, 0.2) is 30.3 Å². The number of hydrogen-bond acceptors (Lipinski definition) is 3. The minimum Gasteiger partial charge on any atom is -0.393 e. The first-order valence-corrected chi connectivity index (χ1v) is 7.28. The summed E-state index contributed by atoms with van der Waals surface area (Å²) in [6.07, 6.45) is 0.0112. The van der Waals surface area contributed by atoms with Crippen LogP contribution in [0, 0.1) is 17.8 Å². The first-order valence-electron chi connectivity index (χ1n) is 7.28. The summed E-state index contributed by atoms with van der Waals surface area (Å²) in [5.41, 5.74) is 6.05. The number of rotatable bonds is 4. The average Bonchev–Trinajstić information content (AvgIpc) is 3.00. The lowest BCUT2D eigenvalue weighted by Gasteiger charge is -2.34. The Bertz CT molecular complexity index is 518. The number of primary amides is 1. The van der Waals surface area contributed by atoms with Crippen LogP contribution in [0.2, 0.25) is 0 Å². The topological polar surface area (TPSA) is 75.3 Å². The van der Waals surface area contributed by atoms with Crippen LogP contribution in [-0.2, 0) is 4.79 Å². The Balaban J connectivity index is 1.85. The molecular weight excluding hydrogens is 252 g/mol. The number of nitrogens with one attached hydrogen (secondary N) is 1. The van der Waals surface area contributed by atoms with Gasteiger partial charge < -0.3 is 10.8 Å². The number of carbonyl (C=O) groups is 1. The zero-order valence-corrected chi connectivity index (χ0v) is 11.9. The van der Waals surface area contributed by atoms with Crippen molar-refractivity contribution >= 4 is 5.91 Å². The highest BCUT2D eigenvalue weighted by atomic mass is 16.3. The second-order valence-electron chi connectivity index (χ2n) is 6.35. The van der Waals surface area contributed by atoms with E-state index in [-0.39, 0.29) is 23.8 Å². The molecule has 6 atom stereocenters. The minimum absolute atomic E-state index is 0.0300. The summed E-state index contributed by atoms with van der Waals surface area (Å²) >= 11 is 0. The monoisotopic (exact) mass is 274 g/mol. The fourth-order valence-corrected chi connectivity index (χ4v) is 4.17. The zero-order valence-electron chi connectivity index (χ0n) is 11.9. The van der Waals surface area contributed by atoms with Gasteiger partial charge in [-0.05, 0) is 30.2 Å². The molecule has 20 heavy (non-hydrogen) atoms. The van der Waals surface area contributed by atoms with Crippen molar-refractivity contribution in [1.82, 2.24) is 5.32 Å². The number of aliphatic hydroxyl groups excluding tert-OH is 1. The van der Waals surface area contributed by atoms with Gasteiger partial charge in [-0.3, -0.25) is 10.1 Å². The van der Waals surface area contributed by atoms with Gasteiger partial charge in [0, 0.05) is 12.5 Å². The Morgan fingerprint density at radius 1 is 1.45 bits per heavy atom. The largest absolute Gasteiger partial charge is 0.393 e. The number of nitrogens with two attached hydrogens (primary N) is 1. The van der Waals surface area contributed by atoms with Crippen molar-refractivity contribution in [1.29, 1.82) is 0 Å². The second-order valence-corrected chi connectivity index (χ2v) is 6.35. The first kappa shape index (κ1) is 13.6. The molecule has 0 radical (unpaired) electrons. The number of amides is 1. The summed E-state index contributed by atoms with van der Waals surface area (Å²) in [7, 11) is 0. The third kappa shape index (κ3) is 1.86. The lowest BCUT2D eigenvalue weighted by Crippen LogP contribution is -2.57. The molecule has 0 unspecified atom stereocenters. The predicted octanol–water partition coefficient (Wildman–Crippen LogP) is 1.21. The van der Waals surface area contributed by atoms with Crippen LogP contribution in [0.5, 0.6) is 0 Å². The highest BCUT2D eigenvalue weighted by molar-refractivity contribution is 5.86. The standard InChI is InChI=1S/C16H22N2O2/c1-9-13-12(19)8-16(14(9)13,15(17)20)18-10(2)11-6-4-3-5-7-11/h3-7,9-10,12-14,18-19H,8H2,1-2H3,(H2,17,20)/t9-,10+,12-,13+,14+,16-/m0/s1. The fraction of sp³-hybridized carbons (Fsp3) is 0.562. The molecule has 0 aliphatic heterocycles. The van der Waals surface area contributed by atoms with Crippen LogP contribution in [0.1, 0.15) is 31.9 Å². The molecule has 1 aromatic rings. The minimum atomic E-state index is -0.765. The van der Waals surface area contributed by atoms with E-state index in [2.05, 4.69) is 12.2 Å². The number of aliphatic hydroxyl groups is 1. The number of carbonyl (C=O) groups excluding carboxylic acids is 1. The van der Waals surface area contributed by atoms with E-state index in [0.29, 0.717) is 12.3 Å².